The van der Waals surface area contributed by atoms with Crippen LogP contribution in [0, 0.1) is 11.2 Å². The van der Waals surface area contributed by atoms with Crippen molar-refractivity contribution in [3.8, 4) is 0 Å². The lowest BCUT2D eigenvalue weighted by atomic mass is 9.78. The highest BCUT2D eigenvalue weighted by atomic mass is 19.1. The molecule has 0 unspecified atom stereocenters. The summed E-state index contributed by atoms with van der Waals surface area (Å²) in [6.07, 6.45) is -1.26. The summed E-state index contributed by atoms with van der Waals surface area (Å²) in [6.45, 7) is 3.02. The van der Waals surface area contributed by atoms with Crippen molar-refractivity contribution in [3.05, 3.63) is 53.8 Å². The molecule has 0 saturated heterocycles. The molecule has 3 rings (SSSR count). The molecule has 1 aliphatic rings. The van der Waals surface area contributed by atoms with Gasteiger partial charge >= 0.3 is 6.09 Å². The molecule has 0 fully saturated rings. The van der Waals surface area contributed by atoms with Crippen molar-refractivity contribution in [2.24, 2.45) is 5.41 Å². The lowest BCUT2D eigenvalue weighted by Gasteiger charge is -2.37. The van der Waals surface area contributed by atoms with E-state index in [0.717, 1.165) is 0 Å². The number of hydrogen-bond acceptors (Lipinski definition) is 3. The normalized spacial score (nSPS) is 15.7. The Morgan fingerprint density at radius 3 is 2.36 bits per heavy atom. The number of Topliss-reactive ketones (excluding diaryl/α,β-unsaturated/α-hetero) is 1. The Bertz CT molecular complexity index is 890. The van der Waals surface area contributed by atoms with Gasteiger partial charge in [-0.1, -0.05) is 0 Å². The molecular weight excluding hydrogens is 327 g/mol. The molecule has 2 N–H and O–H groups in total. The predicted octanol–water partition coefficient (Wildman–Crippen LogP) is 3.80. The number of carbonyl (C=O) groups is 3. The van der Waals surface area contributed by atoms with Gasteiger partial charge in [-0.15, -0.1) is 0 Å². The van der Waals surface area contributed by atoms with E-state index in [1.54, 1.807) is 0 Å². The molecule has 2 amide bonds. The van der Waals surface area contributed by atoms with Gasteiger partial charge in [0.05, 0.1) is 5.69 Å². The summed E-state index contributed by atoms with van der Waals surface area (Å²) in [4.78, 5) is 37.8. The molecular formula is C18H15FN2O4. The van der Waals surface area contributed by atoms with Crippen LogP contribution in [0.4, 0.5) is 26.2 Å². The van der Waals surface area contributed by atoms with Crippen LogP contribution in [0.1, 0.15) is 24.2 Å². The van der Waals surface area contributed by atoms with Crippen LogP contribution in [0.5, 0.6) is 0 Å². The summed E-state index contributed by atoms with van der Waals surface area (Å²) in [5.74, 6) is -1.28. The van der Waals surface area contributed by atoms with Crippen LogP contribution in [0.2, 0.25) is 0 Å². The van der Waals surface area contributed by atoms with Gasteiger partial charge in [-0.25, -0.2) is 9.18 Å². The van der Waals surface area contributed by atoms with Crippen LogP contribution in [0.25, 0.3) is 0 Å². The fourth-order valence-corrected chi connectivity index (χ4v) is 2.78. The van der Waals surface area contributed by atoms with E-state index in [0.29, 0.717) is 11.4 Å². The molecule has 6 nitrogen and oxygen atoms in total. The maximum absolute atomic E-state index is 13.2. The summed E-state index contributed by atoms with van der Waals surface area (Å²) >= 11 is 0. The van der Waals surface area contributed by atoms with Gasteiger partial charge in [0, 0.05) is 16.9 Å². The van der Waals surface area contributed by atoms with E-state index in [-0.39, 0.29) is 11.3 Å². The second-order valence-corrected chi connectivity index (χ2v) is 6.23. The van der Waals surface area contributed by atoms with Gasteiger partial charge in [0.1, 0.15) is 11.2 Å². The highest BCUT2D eigenvalue weighted by Crippen LogP contribution is 2.42. The standard InChI is InChI=1S/C18H15FN2O4/c1-18(2)15(22)13-9-11(20-17(24)25)5-8-14(13)21(16(18)23)12-6-3-10(19)4-7-12/h3-9,20H,1-2H3,(H,24,25). The predicted molar refractivity (Wildman–Crippen MR) is 89.7 cm³/mol. The average molecular weight is 342 g/mol. The number of rotatable bonds is 2. The molecule has 7 heteroatoms. The van der Waals surface area contributed by atoms with Crippen LogP contribution >= 0.6 is 0 Å². The van der Waals surface area contributed by atoms with E-state index in [9.17, 15) is 18.8 Å². The van der Waals surface area contributed by atoms with Gasteiger partial charge < -0.3 is 5.11 Å². The molecule has 0 aromatic heterocycles. The number of halogens is 1. The van der Waals surface area contributed by atoms with Crippen molar-refractivity contribution in [3.63, 3.8) is 0 Å². The number of amides is 2. The van der Waals surface area contributed by atoms with Gasteiger partial charge in [0.15, 0.2) is 5.78 Å². The average Bonchev–Trinajstić information content (AvgIpc) is 2.55. The number of anilines is 3. The monoisotopic (exact) mass is 342 g/mol. The Hall–Kier alpha value is -3.22. The molecule has 0 atom stereocenters. The highest BCUT2D eigenvalue weighted by Gasteiger charge is 2.46. The molecule has 0 radical (unpaired) electrons. The largest absolute Gasteiger partial charge is 0.465 e. The summed E-state index contributed by atoms with van der Waals surface area (Å²) < 4.78 is 13.2. The van der Waals surface area contributed by atoms with Crippen molar-refractivity contribution < 1.29 is 23.9 Å². The molecule has 0 saturated carbocycles. The Kier molecular flexibility index (Phi) is 3.79. The van der Waals surface area contributed by atoms with Gasteiger partial charge in [0.25, 0.3) is 0 Å². The first-order valence-electron chi connectivity index (χ1n) is 7.51. The number of ketones is 1. The van der Waals surface area contributed by atoms with E-state index in [1.165, 1.54) is 61.2 Å². The fourth-order valence-electron chi connectivity index (χ4n) is 2.78. The maximum atomic E-state index is 13.2. The van der Waals surface area contributed by atoms with Gasteiger partial charge in [0.2, 0.25) is 5.91 Å². The minimum absolute atomic E-state index is 0.222. The molecule has 0 spiro atoms. The first-order chi connectivity index (χ1) is 11.7. The molecule has 1 aliphatic heterocycles. The Balaban J connectivity index is 2.19. The highest BCUT2D eigenvalue weighted by molar-refractivity contribution is 6.26. The summed E-state index contributed by atoms with van der Waals surface area (Å²) in [7, 11) is 0. The zero-order chi connectivity index (χ0) is 18.4. The minimum atomic E-state index is -1.33. The summed E-state index contributed by atoms with van der Waals surface area (Å²) in [5, 5.41) is 11.0. The van der Waals surface area contributed by atoms with Crippen LogP contribution in [0.15, 0.2) is 42.5 Å². The molecule has 0 bridgehead atoms. The number of nitrogens with zero attached hydrogens (tertiary/aromatic N) is 1. The number of nitrogens with one attached hydrogen (secondary N) is 1. The van der Waals surface area contributed by atoms with Crippen molar-refractivity contribution in [1.29, 1.82) is 0 Å². The zero-order valence-electron chi connectivity index (χ0n) is 13.5. The van der Waals surface area contributed by atoms with E-state index in [4.69, 9.17) is 5.11 Å². The number of benzene rings is 2. The topological polar surface area (TPSA) is 86.7 Å². The van der Waals surface area contributed by atoms with Crippen LogP contribution < -0.4 is 10.2 Å². The minimum Gasteiger partial charge on any atom is -0.465 e. The van der Waals surface area contributed by atoms with Crippen molar-refractivity contribution in [2.75, 3.05) is 10.2 Å². The molecule has 25 heavy (non-hydrogen) atoms. The summed E-state index contributed by atoms with van der Waals surface area (Å²) in [6, 6.07) is 9.71. The number of hydrogen-bond donors (Lipinski definition) is 2. The van der Waals surface area contributed by atoms with E-state index >= 15 is 0 Å². The van der Waals surface area contributed by atoms with Gasteiger partial charge in [-0.3, -0.25) is 19.8 Å². The third-order valence-electron chi connectivity index (χ3n) is 4.12. The Morgan fingerprint density at radius 2 is 1.76 bits per heavy atom. The third kappa shape index (κ3) is 2.73. The number of carbonyl (C=O) groups excluding carboxylic acids is 2. The van der Waals surface area contributed by atoms with Crippen LogP contribution in [-0.2, 0) is 4.79 Å². The van der Waals surface area contributed by atoms with Crippen molar-refractivity contribution in [2.45, 2.75) is 13.8 Å². The molecule has 2 aromatic carbocycles. The van der Waals surface area contributed by atoms with E-state index in [2.05, 4.69) is 5.32 Å². The Labute approximate surface area is 142 Å². The molecule has 0 aliphatic carbocycles. The second-order valence-electron chi connectivity index (χ2n) is 6.23. The second kappa shape index (κ2) is 5.70. The first-order valence-corrected chi connectivity index (χ1v) is 7.51. The third-order valence-corrected chi connectivity index (χ3v) is 4.12. The first kappa shape index (κ1) is 16.6. The van der Waals surface area contributed by atoms with E-state index < -0.39 is 29.0 Å². The lowest BCUT2D eigenvalue weighted by Crippen LogP contribution is -2.47. The summed E-state index contributed by atoms with van der Waals surface area (Å²) in [5.41, 5.74) is -0.128. The number of carboxylic acid groups (broad SMARTS) is 1. The zero-order valence-corrected chi connectivity index (χ0v) is 13.5. The van der Waals surface area contributed by atoms with Crippen LogP contribution in [-0.4, -0.2) is 22.9 Å². The molecule has 128 valence electrons. The quantitative estimate of drug-likeness (QED) is 0.813. The maximum Gasteiger partial charge on any atom is 0.409 e. The number of fused-ring (bicyclic) bond motifs is 1. The Morgan fingerprint density at radius 1 is 1.12 bits per heavy atom. The van der Waals surface area contributed by atoms with Crippen molar-refractivity contribution in [1.82, 2.24) is 0 Å². The molecule has 1 heterocycles. The van der Waals surface area contributed by atoms with Gasteiger partial charge in [-0.2, -0.15) is 0 Å². The fraction of sp³-hybridized carbons (Fsp3) is 0.167. The van der Waals surface area contributed by atoms with Crippen LogP contribution in [0.3, 0.4) is 0 Å². The van der Waals surface area contributed by atoms with E-state index in [1.807, 2.05) is 0 Å². The lowest BCUT2D eigenvalue weighted by molar-refractivity contribution is -0.124. The SMILES string of the molecule is CC1(C)C(=O)c2cc(NC(=O)O)ccc2N(c2ccc(F)cc2)C1=O. The van der Waals surface area contributed by atoms with Gasteiger partial charge in [-0.05, 0) is 56.3 Å². The molecule has 2 aromatic rings. The smallest absolute Gasteiger partial charge is 0.409 e. The van der Waals surface area contributed by atoms with Crippen molar-refractivity contribution >= 4 is 34.8 Å².